The summed E-state index contributed by atoms with van der Waals surface area (Å²) in [7, 11) is 0. The lowest BCUT2D eigenvalue weighted by Crippen LogP contribution is -2.14. The summed E-state index contributed by atoms with van der Waals surface area (Å²) in [5.74, 6) is 2.48. The highest BCUT2D eigenvalue weighted by atomic mass is 79.9. The van der Waals surface area contributed by atoms with Gasteiger partial charge in [-0.2, -0.15) is 0 Å². The van der Waals surface area contributed by atoms with Crippen LogP contribution in [0.15, 0.2) is 64.2 Å². The number of benzene rings is 2. The topological polar surface area (TPSA) is 73.7 Å². The van der Waals surface area contributed by atoms with Crippen molar-refractivity contribution in [3.05, 3.63) is 70.2 Å². The van der Waals surface area contributed by atoms with Crippen molar-refractivity contribution >= 4 is 51.2 Å². The van der Waals surface area contributed by atoms with E-state index >= 15 is 0 Å². The molecule has 0 aliphatic carbocycles. The first kappa shape index (κ1) is 21.3. The first-order valence-electron chi connectivity index (χ1n) is 9.47. The first-order valence-corrected chi connectivity index (χ1v) is 11.2. The van der Waals surface area contributed by atoms with Crippen molar-refractivity contribution in [3.8, 4) is 0 Å². The van der Waals surface area contributed by atoms with Crippen LogP contribution in [-0.2, 0) is 0 Å². The smallest absolute Gasteiger partial charge is 0.191 e. The van der Waals surface area contributed by atoms with Crippen molar-refractivity contribution in [1.82, 2.24) is 9.97 Å². The third-order valence-electron chi connectivity index (χ3n) is 4.37. The molecular formula is C22H24BrN5S. The molecule has 1 aromatic heterocycles. The number of anilines is 3. The lowest BCUT2D eigenvalue weighted by molar-refractivity contribution is 0.797. The summed E-state index contributed by atoms with van der Waals surface area (Å²) in [6.07, 6.45) is 1.30. The van der Waals surface area contributed by atoms with Crippen molar-refractivity contribution < 1.29 is 0 Å². The van der Waals surface area contributed by atoms with Gasteiger partial charge in [-0.05, 0) is 35.4 Å². The average Bonchev–Trinajstić information content (AvgIpc) is 2.73. The van der Waals surface area contributed by atoms with Gasteiger partial charge in [-0.1, -0.05) is 77.9 Å². The van der Waals surface area contributed by atoms with Crippen LogP contribution < -0.4 is 10.6 Å². The van der Waals surface area contributed by atoms with Gasteiger partial charge < -0.3 is 16.0 Å². The Morgan fingerprint density at radius 1 is 1.10 bits per heavy atom. The standard InChI is InChI=1S/C22H24BrN5S/c1-3-29-22-27-20(25-14-15(2)16-8-5-4-6-9-16)19(13-24)21(28-22)26-18-11-7-10-17(23)12-18/h4-13,15,24H,3,14H2,1-2H3,(H2,25,26,27,28). The SMILES string of the molecule is CCSc1nc(NCC(C)c2ccccc2)c(C=N)c(Nc2cccc(Br)c2)n1. The first-order chi connectivity index (χ1) is 14.1. The van der Waals surface area contributed by atoms with Crippen molar-refractivity contribution in [2.45, 2.75) is 24.9 Å². The number of nitrogens with zero attached hydrogens (tertiary/aromatic N) is 2. The molecule has 2 aromatic carbocycles. The number of aromatic nitrogens is 2. The van der Waals surface area contributed by atoms with Crippen molar-refractivity contribution in [2.75, 3.05) is 22.9 Å². The highest BCUT2D eigenvalue weighted by Crippen LogP contribution is 2.28. The van der Waals surface area contributed by atoms with Crippen LogP contribution in [0.3, 0.4) is 0 Å². The number of hydrogen-bond donors (Lipinski definition) is 3. The number of rotatable bonds is 9. The molecule has 3 rings (SSSR count). The van der Waals surface area contributed by atoms with Crippen LogP contribution in [0.1, 0.15) is 30.9 Å². The summed E-state index contributed by atoms with van der Waals surface area (Å²) >= 11 is 5.07. The van der Waals surface area contributed by atoms with Gasteiger partial charge in [0.1, 0.15) is 11.6 Å². The molecule has 0 spiro atoms. The molecule has 0 amide bonds. The molecule has 0 fully saturated rings. The third kappa shape index (κ3) is 5.81. The molecule has 29 heavy (non-hydrogen) atoms. The Balaban J connectivity index is 1.88. The van der Waals surface area contributed by atoms with E-state index in [1.807, 2.05) is 30.3 Å². The van der Waals surface area contributed by atoms with Gasteiger partial charge in [-0.3, -0.25) is 0 Å². The average molecular weight is 470 g/mol. The fourth-order valence-corrected chi connectivity index (χ4v) is 3.83. The fourth-order valence-electron chi connectivity index (χ4n) is 2.86. The Morgan fingerprint density at radius 3 is 2.55 bits per heavy atom. The van der Waals surface area contributed by atoms with Crippen molar-refractivity contribution in [2.24, 2.45) is 0 Å². The minimum absolute atomic E-state index is 0.313. The Kier molecular flexibility index (Phi) is 7.66. The van der Waals surface area contributed by atoms with Crippen LogP contribution in [-0.4, -0.2) is 28.5 Å². The number of nitrogens with one attached hydrogen (secondary N) is 3. The molecule has 0 radical (unpaired) electrons. The minimum Gasteiger partial charge on any atom is -0.369 e. The maximum atomic E-state index is 7.95. The highest BCUT2D eigenvalue weighted by molar-refractivity contribution is 9.10. The zero-order chi connectivity index (χ0) is 20.6. The monoisotopic (exact) mass is 469 g/mol. The zero-order valence-electron chi connectivity index (χ0n) is 16.4. The molecule has 150 valence electrons. The van der Waals surface area contributed by atoms with E-state index in [2.05, 4.69) is 74.6 Å². The molecular weight excluding hydrogens is 446 g/mol. The van der Waals surface area contributed by atoms with E-state index in [1.165, 1.54) is 11.8 Å². The maximum Gasteiger partial charge on any atom is 0.191 e. The summed E-state index contributed by atoms with van der Waals surface area (Å²) in [5, 5.41) is 15.4. The number of halogens is 1. The second-order valence-corrected chi connectivity index (χ2v) is 8.67. The van der Waals surface area contributed by atoms with Gasteiger partial charge in [0.15, 0.2) is 5.16 Å². The summed E-state index contributed by atoms with van der Waals surface area (Å²) in [4.78, 5) is 9.30. The lowest BCUT2D eigenvalue weighted by Gasteiger charge is -2.17. The van der Waals surface area contributed by atoms with E-state index in [9.17, 15) is 0 Å². The van der Waals surface area contributed by atoms with Gasteiger partial charge in [-0.15, -0.1) is 0 Å². The fraction of sp³-hybridized carbons (Fsp3) is 0.227. The molecule has 3 N–H and O–H groups in total. The molecule has 1 unspecified atom stereocenters. The summed E-state index contributed by atoms with van der Waals surface area (Å²) in [6, 6.07) is 18.3. The number of thioether (sulfide) groups is 1. The van der Waals surface area contributed by atoms with Crippen LogP contribution in [0, 0.1) is 5.41 Å². The van der Waals surface area contributed by atoms with E-state index in [4.69, 9.17) is 5.41 Å². The maximum absolute atomic E-state index is 7.95. The zero-order valence-corrected chi connectivity index (χ0v) is 18.8. The van der Waals surface area contributed by atoms with Gasteiger partial charge in [0.05, 0.1) is 5.56 Å². The molecule has 0 aliphatic heterocycles. The molecule has 0 bridgehead atoms. The summed E-state index contributed by atoms with van der Waals surface area (Å²) in [6.45, 7) is 4.97. The van der Waals surface area contributed by atoms with Crippen LogP contribution in [0.2, 0.25) is 0 Å². The van der Waals surface area contributed by atoms with Gasteiger partial charge in [0.25, 0.3) is 0 Å². The van der Waals surface area contributed by atoms with Crippen LogP contribution in [0.25, 0.3) is 0 Å². The predicted octanol–water partition coefficient (Wildman–Crippen LogP) is 6.31. The number of hydrogen-bond acceptors (Lipinski definition) is 6. The Hall–Kier alpha value is -2.38. The summed E-state index contributed by atoms with van der Waals surface area (Å²) < 4.78 is 0.978. The van der Waals surface area contributed by atoms with E-state index in [-0.39, 0.29) is 0 Å². The molecule has 5 nitrogen and oxygen atoms in total. The predicted molar refractivity (Wildman–Crippen MR) is 127 cm³/mol. The van der Waals surface area contributed by atoms with Crippen LogP contribution in [0.5, 0.6) is 0 Å². The molecule has 0 aliphatic rings. The minimum atomic E-state index is 0.313. The van der Waals surface area contributed by atoms with Crippen molar-refractivity contribution in [3.63, 3.8) is 0 Å². The Labute approximate surface area is 184 Å². The second-order valence-electron chi connectivity index (χ2n) is 6.52. The van der Waals surface area contributed by atoms with E-state index in [0.29, 0.717) is 34.8 Å². The second kappa shape index (κ2) is 10.4. The lowest BCUT2D eigenvalue weighted by atomic mass is 10.0. The van der Waals surface area contributed by atoms with E-state index in [0.717, 1.165) is 15.9 Å². The molecule has 0 saturated carbocycles. The van der Waals surface area contributed by atoms with Crippen LogP contribution >= 0.6 is 27.7 Å². The van der Waals surface area contributed by atoms with Gasteiger partial charge >= 0.3 is 0 Å². The van der Waals surface area contributed by atoms with Crippen molar-refractivity contribution in [1.29, 1.82) is 5.41 Å². The quantitative estimate of drug-likeness (QED) is 0.194. The molecule has 7 heteroatoms. The summed E-state index contributed by atoms with van der Waals surface area (Å²) in [5.41, 5.74) is 2.81. The van der Waals surface area contributed by atoms with Gasteiger partial charge in [0, 0.05) is 22.9 Å². The molecule has 1 heterocycles. The normalized spacial score (nSPS) is 11.7. The molecule has 0 saturated heterocycles. The van der Waals surface area contributed by atoms with E-state index < -0.39 is 0 Å². The third-order valence-corrected chi connectivity index (χ3v) is 5.60. The van der Waals surface area contributed by atoms with E-state index in [1.54, 1.807) is 11.8 Å². The Morgan fingerprint density at radius 2 is 1.86 bits per heavy atom. The Bertz CT molecular complexity index is 965. The van der Waals surface area contributed by atoms with Gasteiger partial charge in [-0.25, -0.2) is 9.97 Å². The molecule has 3 aromatic rings. The van der Waals surface area contributed by atoms with Gasteiger partial charge in [0.2, 0.25) is 0 Å². The highest BCUT2D eigenvalue weighted by Gasteiger charge is 2.15. The molecule has 1 atom stereocenters. The van der Waals surface area contributed by atoms with Crippen LogP contribution in [0.4, 0.5) is 17.3 Å². The largest absolute Gasteiger partial charge is 0.369 e.